The van der Waals surface area contributed by atoms with Crippen LogP contribution in [-0.2, 0) is 4.79 Å². The summed E-state index contributed by atoms with van der Waals surface area (Å²) in [6.45, 7) is 2.27. The van der Waals surface area contributed by atoms with Gasteiger partial charge in [0.25, 0.3) is 0 Å². The molecule has 4 nitrogen and oxygen atoms in total. The van der Waals surface area contributed by atoms with Crippen LogP contribution in [0.3, 0.4) is 0 Å². The van der Waals surface area contributed by atoms with Crippen LogP contribution in [0.15, 0.2) is 24.3 Å². The summed E-state index contributed by atoms with van der Waals surface area (Å²) in [4.78, 5) is 12.5. The zero-order chi connectivity index (χ0) is 14.5. The molecule has 1 aliphatic rings. The number of carbonyl (C=O) groups excluding carboxylic acids is 1. The molecule has 1 aromatic carbocycles. The molecule has 1 aromatic rings. The summed E-state index contributed by atoms with van der Waals surface area (Å²) < 4.78 is 0. The number of nitrogens with two attached hydrogens (primary N) is 1. The molecular formula is C16H24N2O2. The summed E-state index contributed by atoms with van der Waals surface area (Å²) in [6.07, 6.45) is 3.60. The SMILES string of the molecule is CC(O)c1ccccc1NC(=O)C1CCCCC1CN. The Hall–Kier alpha value is -1.39. The standard InChI is InChI=1S/C16H24N2O2/c1-11(19)13-7-4-5-9-15(13)18-16(20)14-8-3-2-6-12(14)10-17/h4-5,7,9,11-12,14,19H,2-3,6,8,10,17H2,1H3,(H,18,20). The molecule has 3 unspecified atom stereocenters. The van der Waals surface area contributed by atoms with Crippen LogP contribution >= 0.6 is 0 Å². The Balaban J connectivity index is 2.11. The molecule has 0 heterocycles. The van der Waals surface area contributed by atoms with E-state index < -0.39 is 6.10 Å². The summed E-state index contributed by atoms with van der Waals surface area (Å²) in [5.74, 6) is 0.312. The number of nitrogens with one attached hydrogen (secondary N) is 1. The normalized spacial score (nSPS) is 24.1. The minimum Gasteiger partial charge on any atom is -0.389 e. The van der Waals surface area contributed by atoms with Crippen LogP contribution < -0.4 is 11.1 Å². The van der Waals surface area contributed by atoms with E-state index in [0.717, 1.165) is 31.2 Å². The minimum absolute atomic E-state index is 0.00388. The second kappa shape index (κ2) is 6.86. The van der Waals surface area contributed by atoms with Crippen LogP contribution in [-0.4, -0.2) is 17.6 Å². The first-order valence-corrected chi connectivity index (χ1v) is 7.41. The summed E-state index contributed by atoms with van der Waals surface area (Å²) >= 11 is 0. The van der Waals surface area contributed by atoms with Gasteiger partial charge in [0.1, 0.15) is 0 Å². The Morgan fingerprint density at radius 3 is 2.80 bits per heavy atom. The maximum absolute atomic E-state index is 12.5. The Morgan fingerprint density at radius 2 is 2.10 bits per heavy atom. The fraction of sp³-hybridized carbons (Fsp3) is 0.562. The summed E-state index contributed by atoms with van der Waals surface area (Å²) in [6, 6.07) is 7.39. The van der Waals surface area contributed by atoms with Crippen molar-refractivity contribution in [2.24, 2.45) is 17.6 Å². The van der Waals surface area contributed by atoms with Gasteiger partial charge < -0.3 is 16.2 Å². The molecule has 1 aliphatic carbocycles. The first kappa shape index (κ1) is 15.0. The van der Waals surface area contributed by atoms with Gasteiger partial charge in [-0.3, -0.25) is 4.79 Å². The van der Waals surface area contributed by atoms with Crippen molar-refractivity contribution in [2.45, 2.75) is 38.7 Å². The molecule has 110 valence electrons. The number of benzene rings is 1. The molecule has 4 heteroatoms. The van der Waals surface area contributed by atoms with Gasteiger partial charge in [-0.1, -0.05) is 31.0 Å². The quantitative estimate of drug-likeness (QED) is 0.790. The Kier molecular flexibility index (Phi) is 5.15. The van der Waals surface area contributed by atoms with E-state index in [1.165, 1.54) is 0 Å². The van der Waals surface area contributed by atoms with Crippen molar-refractivity contribution < 1.29 is 9.90 Å². The molecule has 2 rings (SSSR count). The zero-order valence-corrected chi connectivity index (χ0v) is 12.0. The lowest BCUT2D eigenvalue weighted by atomic mass is 9.78. The Labute approximate surface area is 120 Å². The van der Waals surface area contributed by atoms with Crippen LogP contribution in [0.2, 0.25) is 0 Å². The fourth-order valence-electron chi connectivity index (χ4n) is 3.04. The Morgan fingerprint density at radius 1 is 1.40 bits per heavy atom. The highest BCUT2D eigenvalue weighted by Gasteiger charge is 2.30. The van der Waals surface area contributed by atoms with Gasteiger partial charge >= 0.3 is 0 Å². The number of anilines is 1. The third-order valence-electron chi connectivity index (χ3n) is 4.22. The van der Waals surface area contributed by atoms with E-state index in [9.17, 15) is 9.90 Å². The summed E-state index contributed by atoms with van der Waals surface area (Å²) in [5.41, 5.74) is 7.24. The van der Waals surface area contributed by atoms with Gasteiger partial charge in [-0.15, -0.1) is 0 Å². The lowest BCUT2D eigenvalue weighted by Crippen LogP contribution is -2.35. The topological polar surface area (TPSA) is 75.3 Å². The van der Waals surface area contributed by atoms with Gasteiger partial charge in [0, 0.05) is 17.2 Å². The van der Waals surface area contributed by atoms with E-state index in [1.54, 1.807) is 6.92 Å². The molecule has 20 heavy (non-hydrogen) atoms. The highest BCUT2D eigenvalue weighted by molar-refractivity contribution is 5.93. The number of carbonyl (C=O) groups is 1. The number of hydrogen-bond donors (Lipinski definition) is 3. The monoisotopic (exact) mass is 276 g/mol. The van der Waals surface area contributed by atoms with E-state index >= 15 is 0 Å². The van der Waals surface area contributed by atoms with Crippen LogP contribution in [0.25, 0.3) is 0 Å². The average Bonchev–Trinajstić information content (AvgIpc) is 2.47. The van der Waals surface area contributed by atoms with Crippen molar-refractivity contribution in [2.75, 3.05) is 11.9 Å². The predicted octanol–water partition coefficient (Wildman–Crippen LogP) is 2.44. The maximum atomic E-state index is 12.5. The van der Waals surface area contributed by atoms with Gasteiger partial charge in [-0.2, -0.15) is 0 Å². The lowest BCUT2D eigenvalue weighted by Gasteiger charge is -2.29. The molecule has 0 saturated heterocycles. The number of rotatable bonds is 4. The average molecular weight is 276 g/mol. The van der Waals surface area contributed by atoms with Crippen molar-refractivity contribution in [1.29, 1.82) is 0 Å². The number of amides is 1. The van der Waals surface area contributed by atoms with E-state index in [-0.39, 0.29) is 17.7 Å². The molecule has 0 radical (unpaired) electrons. The van der Waals surface area contributed by atoms with Crippen molar-refractivity contribution in [3.05, 3.63) is 29.8 Å². The molecule has 0 aromatic heterocycles. The third kappa shape index (κ3) is 3.38. The van der Waals surface area contributed by atoms with E-state index in [4.69, 9.17) is 5.73 Å². The van der Waals surface area contributed by atoms with Crippen LogP contribution in [0, 0.1) is 11.8 Å². The molecule has 4 N–H and O–H groups in total. The van der Waals surface area contributed by atoms with Crippen molar-refractivity contribution >= 4 is 11.6 Å². The van der Waals surface area contributed by atoms with Crippen LogP contribution in [0.4, 0.5) is 5.69 Å². The number of para-hydroxylation sites is 1. The van der Waals surface area contributed by atoms with Gasteiger partial charge in [-0.25, -0.2) is 0 Å². The lowest BCUT2D eigenvalue weighted by molar-refractivity contribution is -0.122. The van der Waals surface area contributed by atoms with Crippen LogP contribution in [0.5, 0.6) is 0 Å². The smallest absolute Gasteiger partial charge is 0.227 e. The highest BCUT2D eigenvalue weighted by Crippen LogP contribution is 2.31. The number of aliphatic hydroxyl groups is 1. The second-order valence-corrected chi connectivity index (χ2v) is 5.64. The van der Waals surface area contributed by atoms with Gasteiger partial charge in [0.2, 0.25) is 5.91 Å². The predicted molar refractivity (Wildman–Crippen MR) is 80.2 cm³/mol. The largest absolute Gasteiger partial charge is 0.389 e. The van der Waals surface area contributed by atoms with Crippen molar-refractivity contribution in [3.8, 4) is 0 Å². The van der Waals surface area contributed by atoms with E-state index in [2.05, 4.69) is 5.32 Å². The van der Waals surface area contributed by atoms with Gasteiger partial charge in [0.15, 0.2) is 0 Å². The second-order valence-electron chi connectivity index (χ2n) is 5.64. The molecule has 0 aliphatic heterocycles. The van der Waals surface area contributed by atoms with Crippen molar-refractivity contribution in [3.63, 3.8) is 0 Å². The van der Waals surface area contributed by atoms with Crippen molar-refractivity contribution in [1.82, 2.24) is 0 Å². The summed E-state index contributed by atoms with van der Waals surface area (Å²) in [5, 5.41) is 12.7. The molecule has 1 saturated carbocycles. The van der Waals surface area contributed by atoms with Crippen LogP contribution in [0.1, 0.15) is 44.3 Å². The fourth-order valence-corrected chi connectivity index (χ4v) is 3.04. The molecular weight excluding hydrogens is 252 g/mol. The number of hydrogen-bond acceptors (Lipinski definition) is 3. The van der Waals surface area contributed by atoms with E-state index in [1.807, 2.05) is 24.3 Å². The van der Waals surface area contributed by atoms with Gasteiger partial charge in [-0.05, 0) is 38.3 Å². The van der Waals surface area contributed by atoms with E-state index in [0.29, 0.717) is 12.2 Å². The zero-order valence-electron chi connectivity index (χ0n) is 12.0. The molecule has 1 fully saturated rings. The maximum Gasteiger partial charge on any atom is 0.227 e. The molecule has 1 amide bonds. The Bertz CT molecular complexity index is 460. The molecule has 0 spiro atoms. The third-order valence-corrected chi connectivity index (χ3v) is 4.22. The highest BCUT2D eigenvalue weighted by atomic mass is 16.3. The minimum atomic E-state index is -0.594. The molecule has 0 bridgehead atoms. The number of aliphatic hydroxyl groups excluding tert-OH is 1. The first-order chi connectivity index (χ1) is 9.63. The molecule has 3 atom stereocenters. The summed E-state index contributed by atoms with van der Waals surface area (Å²) in [7, 11) is 0. The van der Waals surface area contributed by atoms with Gasteiger partial charge in [0.05, 0.1) is 6.10 Å². The first-order valence-electron chi connectivity index (χ1n) is 7.41.